The van der Waals surface area contributed by atoms with Crippen LogP contribution in [-0.2, 0) is 17.1 Å². The summed E-state index contributed by atoms with van der Waals surface area (Å²) in [6.07, 6.45) is 0. The Bertz CT molecular complexity index is 17.7. The van der Waals surface area contributed by atoms with Gasteiger partial charge < -0.3 is 39.9 Å². The van der Waals surface area contributed by atoms with Gasteiger partial charge in [-0.05, 0) is 0 Å². The molecule has 0 aliphatic heterocycles. The molecule has 0 rings (SSSR count). The van der Waals surface area contributed by atoms with Crippen molar-refractivity contribution in [3.05, 3.63) is 0 Å². The first-order valence-corrected chi connectivity index (χ1v) is 0.775. The Balaban J connectivity index is -0.0000000150. The van der Waals surface area contributed by atoms with Crippen LogP contribution < -0.4 is 24.8 Å². The van der Waals surface area contributed by atoms with Crippen molar-refractivity contribution in [1.82, 2.24) is 0 Å². The Morgan fingerprint density at radius 1 is 0.857 bits per heavy atom. The average molecular weight is 188 g/mol. The Hall–Kier alpha value is 1.04. The van der Waals surface area contributed by atoms with Gasteiger partial charge in [0.05, 0.1) is 0 Å². The van der Waals surface area contributed by atoms with Crippen molar-refractivity contribution in [3.8, 4) is 0 Å². The van der Waals surface area contributed by atoms with Gasteiger partial charge in [0.2, 0.25) is 0 Å². The molecule has 0 heterocycles. The van der Waals surface area contributed by atoms with Crippen LogP contribution in [-0.4, -0.2) is 22.4 Å². The summed E-state index contributed by atoms with van der Waals surface area (Å²) < 4.78 is 0. The predicted molar refractivity (Wildman–Crippen MR) is 12.4 cm³/mol. The summed E-state index contributed by atoms with van der Waals surface area (Å²) in [5.41, 5.74) is 0. The minimum atomic E-state index is -2.17. The second kappa shape index (κ2) is 15.7. The van der Waals surface area contributed by atoms with Gasteiger partial charge in [-0.3, -0.25) is 0 Å². The molecule has 7 heavy (non-hydrogen) atoms. The first-order chi connectivity index (χ1) is 1.73. The van der Waals surface area contributed by atoms with Crippen LogP contribution in [0.1, 0.15) is 0 Å². The first-order valence-electron chi connectivity index (χ1n) is 0.775. The van der Waals surface area contributed by atoms with Crippen LogP contribution in [0.2, 0.25) is 0 Å². The summed E-state index contributed by atoms with van der Waals surface area (Å²) in [6.45, 7) is 0. The molecule has 0 saturated heterocycles. The number of halogens is 2. The van der Waals surface area contributed by atoms with Gasteiger partial charge in [-0.15, -0.1) is 0 Å². The average Bonchev–Trinajstić information content (AvgIpc) is 0.811. The van der Waals surface area contributed by atoms with Crippen molar-refractivity contribution >= 4 is 7.32 Å². The fourth-order valence-corrected chi connectivity index (χ4v) is 0. The molecule has 0 amide bonds. The fraction of sp³-hybridized carbons (Fsp3) is 0. The van der Waals surface area contributed by atoms with Gasteiger partial charge in [0.1, 0.15) is 0 Å². The van der Waals surface area contributed by atoms with E-state index in [0.717, 1.165) is 0 Å². The van der Waals surface area contributed by atoms with Crippen molar-refractivity contribution in [2.75, 3.05) is 0 Å². The summed E-state index contributed by atoms with van der Waals surface area (Å²) in [7, 11) is -2.17. The van der Waals surface area contributed by atoms with Gasteiger partial charge in [0.25, 0.3) is 0 Å². The summed E-state index contributed by atoms with van der Waals surface area (Å²) >= 11 is 0. The van der Waals surface area contributed by atoms with Crippen LogP contribution in [0.4, 0.5) is 0 Å². The van der Waals surface area contributed by atoms with E-state index in [4.69, 9.17) is 15.1 Å². The molecular weight excluding hydrogens is 185 g/mol. The van der Waals surface area contributed by atoms with E-state index in [9.17, 15) is 0 Å². The van der Waals surface area contributed by atoms with E-state index in [2.05, 4.69) is 0 Å². The summed E-state index contributed by atoms with van der Waals surface area (Å²) in [4.78, 5) is 0. The summed E-state index contributed by atoms with van der Waals surface area (Å²) in [6, 6.07) is 0. The van der Waals surface area contributed by atoms with E-state index >= 15 is 0 Å². The summed E-state index contributed by atoms with van der Waals surface area (Å²) in [5.74, 6) is 0. The van der Waals surface area contributed by atoms with Crippen molar-refractivity contribution in [3.63, 3.8) is 0 Å². The topological polar surface area (TPSA) is 60.7 Å². The molecule has 0 aliphatic rings. The molecule has 0 bridgehead atoms. The molecule has 45 valence electrons. The van der Waals surface area contributed by atoms with Crippen molar-refractivity contribution < 1.29 is 57.0 Å². The minimum absolute atomic E-state index is 0. The molecule has 0 aromatic carbocycles. The maximum atomic E-state index is 7.17. The zero-order chi connectivity index (χ0) is 3.58. The Morgan fingerprint density at radius 2 is 0.857 bits per heavy atom. The normalized spacial score (nSPS) is 3.86. The smallest absolute Gasteiger partial charge is 1.00 e. The van der Waals surface area contributed by atoms with E-state index in [-0.39, 0.29) is 41.9 Å². The van der Waals surface area contributed by atoms with Gasteiger partial charge in [-0.25, -0.2) is 0 Å². The molecule has 3 nitrogen and oxygen atoms in total. The third-order valence-electron chi connectivity index (χ3n) is 0. The van der Waals surface area contributed by atoms with Crippen molar-refractivity contribution in [1.29, 1.82) is 0 Å². The first kappa shape index (κ1) is 24.4. The number of hydrogen-bond acceptors (Lipinski definition) is 3. The molecule has 0 aromatic heterocycles. The van der Waals surface area contributed by atoms with Gasteiger partial charge in [0.15, 0.2) is 0 Å². The molecule has 0 fully saturated rings. The molecule has 0 spiro atoms. The predicted octanol–water partition coefficient (Wildman–Crippen LogP) is -8.05. The molecule has 7 heteroatoms. The molecule has 0 atom stereocenters. The molecule has 0 saturated carbocycles. The molecule has 1 radical (unpaired) electrons. The van der Waals surface area contributed by atoms with E-state index < -0.39 is 7.32 Å². The van der Waals surface area contributed by atoms with Crippen LogP contribution in [0.25, 0.3) is 0 Å². The molecule has 3 N–H and O–H groups in total. The quantitative estimate of drug-likeness (QED) is 0.330. The van der Waals surface area contributed by atoms with Crippen molar-refractivity contribution in [2.24, 2.45) is 0 Å². The van der Waals surface area contributed by atoms with Crippen LogP contribution in [0, 0.1) is 0 Å². The van der Waals surface area contributed by atoms with Crippen molar-refractivity contribution in [2.45, 2.75) is 0 Å². The number of hydrogen-bond donors (Lipinski definition) is 3. The Labute approximate surface area is 64.6 Å². The SMILES string of the molecule is OB(O)O.[Cl-].[Cl-].[Mn+2]. The van der Waals surface area contributed by atoms with Crippen LogP contribution >= 0.6 is 0 Å². The largest absolute Gasteiger partial charge is 2.00 e. The van der Waals surface area contributed by atoms with Gasteiger partial charge in [0, 0.05) is 0 Å². The van der Waals surface area contributed by atoms with E-state index in [1.54, 1.807) is 0 Å². The van der Waals surface area contributed by atoms with E-state index in [0.29, 0.717) is 0 Å². The summed E-state index contributed by atoms with van der Waals surface area (Å²) in [5, 5.41) is 21.5. The van der Waals surface area contributed by atoms with E-state index in [1.165, 1.54) is 0 Å². The van der Waals surface area contributed by atoms with Gasteiger partial charge in [-0.2, -0.15) is 0 Å². The van der Waals surface area contributed by atoms with Crippen LogP contribution in [0.5, 0.6) is 0 Å². The van der Waals surface area contributed by atoms with E-state index in [1.807, 2.05) is 0 Å². The Morgan fingerprint density at radius 3 is 0.857 bits per heavy atom. The van der Waals surface area contributed by atoms with Crippen LogP contribution in [0.3, 0.4) is 0 Å². The van der Waals surface area contributed by atoms with Crippen LogP contribution in [0.15, 0.2) is 0 Å². The standard InChI is InChI=1S/BH3O3.2ClH.Mn/c2-1(3)4;;;/h2-4H;2*1H;/q;;;+2/p-2. The number of rotatable bonds is 0. The zero-order valence-electron chi connectivity index (χ0n) is 3.05. The maximum Gasteiger partial charge on any atom is 2.00 e. The maximum absolute atomic E-state index is 7.17. The van der Waals surface area contributed by atoms with Gasteiger partial charge >= 0.3 is 24.4 Å². The van der Waals surface area contributed by atoms with Gasteiger partial charge in [-0.1, -0.05) is 0 Å². The second-order valence-corrected chi connectivity index (χ2v) is 0.346. The third kappa shape index (κ3) is 164. The third-order valence-corrected chi connectivity index (χ3v) is 0. The molecule has 0 unspecified atom stereocenters. The molecule has 0 aliphatic carbocycles. The Kier molecular flexibility index (Phi) is 54.9. The second-order valence-electron chi connectivity index (χ2n) is 0.346. The molecular formula is H3BCl2MnO3. The fourth-order valence-electron chi connectivity index (χ4n) is 0. The monoisotopic (exact) mass is 187 g/mol. The molecule has 0 aromatic rings. The zero-order valence-corrected chi connectivity index (χ0v) is 5.75. The minimum Gasteiger partial charge on any atom is -1.00 e.